The van der Waals surface area contributed by atoms with Gasteiger partial charge in [-0.1, -0.05) is 60.7 Å². The Hall–Kier alpha value is -3.80. The van der Waals surface area contributed by atoms with Crippen LogP contribution in [0.3, 0.4) is 0 Å². The van der Waals surface area contributed by atoms with E-state index < -0.39 is 17.0 Å². The molecule has 3 aromatic carbocycles. The lowest BCUT2D eigenvalue weighted by atomic mass is 10.00. The number of carbonyl (C=O) groups is 2. The van der Waals surface area contributed by atoms with Gasteiger partial charge in [0, 0.05) is 23.3 Å². The fraction of sp³-hybridized carbons (Fsp3) is 0.0476. The highest BCUT2D eigenvalue weighted by atomic mass is 16.6. The molecule has 1 atom stereocenters. The number of hydrogen-bond donors (Lipinski definition) is 0. The third-order valence-electron chi connectivity index (χ3n) is 3.94. The zero-order valence-electron chi connectivity index (χ0n) is 14.1. The van der Waals surface area contributed by atoms with Crippen LogP contribution in [0.5, 0.6) is 0 Å². The largest absolute Gasteiger partial charge is 0.445 e. The van der Waals surface area contributed by atoms with Crippen molar-refractivity contribution in [3.8, 4) is 0 Å². The van der Waals surface area contributed by atoms with Gasteiger partial charge in [-0.15, -0.1) is 0 Å². The molecule has 0 heterocycles. The molecule has 0 N–H and O–H groups in total. The number of Topliss-reactive ketones (excluding diaryl/α,β-unsaturated/α-hetero) is 1. The van der Waals surface area contributed by atoms with E-state index in [-0.39, 0.29) is 17.0 Å². The standard InChI is InChI=1S/C21H15NO5/c23-19(15-7-3-1-4-8-15)20(16-9-5-2-6-10-16)27-21(24)17-11-13-18(14-12-17)22(25)26/h1-14,20H/t20-/m1/s1. The monoisotopic (exact) mass is 361 g/mol. The predicted octanol–water partition coefficient (Wildman–Crippen LogP) is 4.38. The Labute approximate surface area is 155 Å². The van der Waals surface area contributed by atoms with Crippen LogP contribution in [0.15, 0.2) is 84.9 Å². The normalized spacial score (nSPS) is 11.4. The molecule has 0 aliphatic heterocycles. The maximum Gasteiger partial charge on any atom is 0.339 e. The molecule has 134 valence electrons. The number of nitrogens with zero attached hydrogens (tertiary/aromatic N) is 1. The van der Waals surface area contributed by atoms with Gasteiger partial charge in [-0.25, -0.2) is 4.79 Å². The van der Waals surface area contributed by atoms with E-state index >= 15 is 0 Å². The van der Waals surface area contributed by atoms with E-state index in [0.29, 0.717) is 11.1 Å². The Balaban J connectivity index is 1.88. The molecule has 0 aromatic heterocycles. The van der Waals surface area contributed by atoms with Crippen LogP contribution in [-0.2, 0) is 4.74 Å². The van der Waals surface area contributed by atoms with E-state index in [2.05, 4.69) is 0 Å². The summed E-state index contributed by atoms with van der Waals surface area (Å²) in [6.45, 7) is 0. The van der Waals surface area contributed by atoms with Gasteiger partial charge in [-0.3, -0.25) is 14.9 Å². The molecule has 0 unspecified atom stereocenters. The summed E-state index contributed by atoms with van der Waals surface area (Å²) >= 11 is 0. The SMILES string of the molecule is O=C(O[C@@H](C(=O)c1ccccc1)c1ccccc1)c1ccc([N+](=O)[O-])cc1. The van der Waals surface area contributed by atoms with Gasteiger partial charge in [-0.05, 0) is 12.1 Å². The minimum absolute atomic E-state index is 0.127. The summed E-state index contributed by atoms with van der Waals surface area (Å²) in [7, 11) is 0. The molecule has 0 aliphatic carbocycles. The molecule has 0 aliphatic rings. The topological polar surface area (TPSA) is 86.5 Å². The quantitative estimate of drug-likeness (QED) is 0.281. The van der Waals surface area contributed by atoms with Crippen LogP contribution in [0.4, 0.5) is 5.69 Å². The lowest BCUT2D eigenvalue weighted by molar-refractivity contribution is -0.384. The van der Waals surface area contributed by atoms with E-state index in [0.717, 1.165) is 0 Å². The molecular weight excluding hydrogens is 346 g/mol. The average Bonchev–Trinajstić information content (AvgIpc) is 2.72. The Morgan fingerprint density at radius 2 is 1.33 bits per heavy atom. The molecule has 0 amide bonds. The second kappa shape index (κ2) is 8.05. The van der Waals surface area contributed by atoms with Crippen molar-refractivity contribution >= 4 is 17.4 Å². The maximum absolute atomic E-state index is 12.9. The van der Waals surface area contributed by atoms with Crippen molar-refractivity contribution in [1.82, 2.24) is 0 Å². The molecule has 27 heavy (non-hydrogen) atoms. The van der Waals surface area contributed by atoms with E-state index in [1.165, 1.54) is 24.3 Å². The van der Waals surface area contributed by atoms with Gasteiger partial charge < -0.3 is 4.74 Å². The number of hydrogen-bond acceptors (Lipinski definition) is 5. The van der Waals surface area contributed by atoms with Crippen LogP contribution in [0, 0.1) is 10.1 Å². The Bertz CT molecular complexity index is 953. The van der Waals surface area contributed by atoms with Crippen LogP contribution in [-0.4, -0.2) is 16.7 Å². The van der Waals surface area contributed by atoms with Gasteiger partial charge in [-0.2, -0.15) is 0 Å². The number of nitro groups is 1. The number of non-ortho nitro benzene ring substituents is 1. The van der Waals surface area contributed by atoms with Crippen LogP contribution < -0.4 is 0 Å². The number of ketones is 1. The van der Waals surface area contributed by atoms with E-state index in [1.807, 2.05) is 0 Å². The summed E-state index contributed by atoms with van der Waals surface area (Å²) in [6.07, 6.45) is -1.11. The molecule has 3 rings (SSSR count). The Morgan fingerprint density at radius 1 is 0.778 bits per heavy atom. The molecule has 0 radical (unpaired) electrons. The molecule has 0 saturated heterocycles. The molecule has 0 spiro atoms. The molecule has 0 bridgehead atoms. The van der Waals surface area contributed by atoms with Gasteiger partial charge in [0.05, 0.1) is 10.5 Å². The molecule has 6 heteroatoms. The third-order valence-corrected chi connectivity index (χ3v) is 3.94. The highest BCUT2D eigenvalue weighted by molar-refractivity contribution is 6.02. The van der Waals surface area contributed by atoms with Crippen molar-refractivity contribution in [2.45, 2.75) is 6.10 Å². The minimum Gasteiger partial charge on any atom is -0.445 e. The van der Waals surface area contributed by atoms with Crippen molar-refractivity contribution in [2.24, 2.45) is 0 Å². The van der Waals surface area contributed by atoms with Gasteiger partial charge >= 0.3 is 5.97 Å². The van der Waals surface area contributed by atoms with Gasteiger partial charge in [0.15, 0.2) is 6.10 Å². The fourth-order valence-corrected chi connectivity index (χ4v) is 2.55. The van der Waals surface area contributed by atoms with Crippen LogP contribution in [0.1, 0.15) is 32.4 Å². The summed E-state index contributed by atoms with van der Waals surface area (Å²) in [5, 5.41) is 10.7. The van der Waals surface area contributed by atoms with Crippen molar-refractivity contribution in [2.75, 3.05) is 0 Å². The Morgan fingerprint density at radius 3 is 1.89 bits per heavy atom. The van der Waals surface area contributed by atoms with Gasteiger partial charge in [0.2, 0.25) is 5.78 Å². The second-order valence-corrected chi connectivity index (χ2v) is 5.73. The first kappa shape index (κ1) is 18.0. The number of rotatable bonds is 6. The van der Waals surface area contributed by atoms with Crippen LogP contribution >= 0.6 is 0 Å². The summed E-state index contributed by atoms with van der Waals surface area (Å²) in [4.78, 5) is 35.6. The molecule has 0 fully saturated rings. The summed E-state index contributed by atoms with van der Waals surface area (Å²) in [5.41, 5.74) is 0.957. The van der Waals surface area contributed by atoms with Crippen molar-refractivity contribution in [3.05, 3.63) is 112 Å². The van der Waals surface area contributed by atoms with Gasteiger partial charge in [0.25, 0.3) is 5.69 Å². The number of esters is 1. The van der Waals surface area contributed by atoms with E-state index in [1.54, 1.807) is 60.7 Å². The van der Waals surface area contributed by atoms with E-state index in [9.17, 15) is 19.7 Å². The fourth-order valence-electron chi connectivity index (χ4n) is 2.55. The van der Waals surface area contributed by atoms with Crippen molar-refractivity contribution in [3.63, 3.8) is 0 Å². The highest BCUT2D eigenvalue weighted by Crippen LogP contribution is 2.24. The van der Waals surface area contributed by atoms with Crippen molar-refractivity contribution < 1.29 is 19.2 Å². The van der Waals surface area contributed by atoms with Crippen LogP contribution in [0.25, 0.3) is 0 Å². The highest BCUT2D eigenvalue weighted by Gasteiger charge is 2.26. The summed E-state index contributed by atoms with van der Waals surface area (Å²) in [6, 6.07) is 22.3. The molecule has 0 saturated carbocycles. The first-order valence-electron chi connectivity index (χ1n) is 8.16. The van der Waals surface area contributed by atoms with Gasteiger partial charge in [0.1, 0.15) is 0 Å². The minimum atomic E-state index is -1.11. The lowest BCUT2D eigenvalue weighted by Gasteiger charge is -2.17. The predicted molar refractivity (Wildman–Crippen MR) is 98.5 cm³/mol. The van der Waals surface area contributed by atoms with E-state index in [4.69, 9.17) is 4.74 Å². The first-order valence-corrected chi connectivity index (χ1v) is 8.16. The zero-order chi connectivity index (χ0) is 19.2. The summed E-state index contributed by atoms with van der Waals surface area (Å²) in [5.74, 6) is -1.08. The zero-order valence-corrected chi connectivity index (χ0v) is 14.1. The number of nitro benzene ring substituents is 1. The molecular formula is C21H15NO5. The van der Waals surface area contributed by atoms with Crippen molar-refractivity contribution in [1.29, 1.82) is 0 Å². The third kappa shape index (κ3) is 4.24. The average molecular weight is 361 g/mol. The summed E-state index contributed by atoms with van der Waals surface area (Å²) < 4.78 is 5.48. The maximum atomic E-state index is 12.9. The Kier molecular flexibility index (Phi) is 5.37. The number of carbonyl (C=O) groups excluding carboxylic acids is 2. The number of benzene rings is 3. The lowest BCUT2D eigenvalue weighted by Crippen LogP contribution is -2.20. The second-order valence-electron chi connectivity index (χ2n) is 5.73. The first-order chi connectivity index (χ1) is 13.1. The smallest absolute Gasteiger partial charge is 0.339 e. The molecule has 6 nitrogen and oxygen atoms in total. The van der Waals surface area contributed by atoms with Crippen LogP contribution in [0.2, 0.25) is 0 Å². The molecule has 3 aromatic rings. The number of ether oxygens (including phenoxy) is 1.